The highest BCUT2D eigenvalue weighted by atomic mass is 79.9. The van der Waals surface area contributed by atoms with Gasteiger partial charge in [-0.3, -0.25) is 4.90 Å². The lowest BCUT2D eigenvalue weighted by Crippen LogP contribution is -2.45. The molecule has 1 atom stereocenters. The van der Waals surface area contributed by atoms with E-state index in [9.17, 15) is 17.6 Å². The molecule has 0 aromatic heterocycles. The maximum atomic E-state index is 13.3. The fourth-order valence-corrected chi connectivity index (χ4v) is 2.97. The van der Waals surface area contributed by atoms with Crippen LogP contribution in [-0.4, -0.2) is 37.3 Å². The zero-order valence-electron chi connectivity index (χ0n) is 12.2. The van der Waals surface area contributed by atoms with Gasteiger partial charge < -0.3 is 5.32 Å². The summed E-state index contributed by atoms with van der Waals surface area (Å²) in [6.45, 7) is 2.89. The van der Waals surface area contributed by atoms with E-state index in [4.69, 9.17) is 0 Å². The summed E-state index contributed by atoms with van der Waals surface area (Å²) >= 11 is 3.10. The van der Waals surface area contributed by atoms with Gasteiger partial charge in [-0.25, -0.2) is 4.39 Å². The molecule has 0 unspecified atom stereocenters. The minimum Gasteiger partial charge on any atom is -0.314 e. The Morgan fingerprint density at radius 1 is 1.17 bits per heavy atom. The maximum Gasteiger partial charge on any atom is 0.389 e. The Morgan fingerprint density at radius 3 is 2.30 bits per heavy atom. The predicted molar refractivity (Wildman–Crippen MR) is 91.1 cm³/mol. The highest BCUT2D eigenvalue weighted by Crippen LogP contribution is 2.33. The number of hydrogen-bond acceptors (Lipinski definition) is 2. The molecule has 9 heteroatoms. The number of halogens is 7. The van der Waals surface area contributed by atoms with E-state index in [1.54, 1.807) is 12.1 Å². The second-order valence-electron chi connectivity index (χ2n) is 5.13. The summed E-state index contributed by atoms with van der Waals surface area (Å²) in [5, 5.41) is 3.18. The average Bonchev–Trinajstić information content (AvgIpc) is 2.43. The lowest BCUT2D eigenvalue weighted by molar-refractivity contribution is -0.138. The lowest BCUT2D eigenvalue weighted by atomic mass is 9.99. The second-order valence-corrected chi connectivity index (χ2v) is 5.98. The first kappa shape index (κ1) is 22.9. The van der Waals surface area contributed by atoms with Gasteiger partial charge in [-0.2, -0.15) is 13.2 Å². The molecule has 2 nitrogen and oxygen atoms in total. The van der Waals surface area contributed by atoms with Gasteiger partial charge in [0.1, 0.15) is 5.82 Å². The van der Waals surface area contributed by atoms with Crippen LogP contribution in [0.2, 0.25) is 0 Å². The number of hydrogen-bond donors (Lipinski definition) is 1. The molecule has 0 bridgehead atoms. The van der Waals surface area contributed by atoms with Crippen molar-refractivity contribution in [1.29, 1.82) is 0 Å². The Hall–Kier alpha value is -0.0800. The van der Waals surface area contributed by atoms with Crippen LogP contribution in [0.15, 0.2) is 22.7 Å². The zero-order chi connectivity index (χ0) is 15.5. The van der Waals surface area contributed by atoms with Crippen molar-refractivity contribution in [3.05, 3.63) is 34.1 Å². The molecule has 0 amide bonds. The third-order valence-electron chi connectivity index (χ3n) is 3.62. The number of piperazine rings is 1. The normalized spacial score (nSPS) is 17.1. The second kappa shape index (κ2) is 10.0. The number of nitrogens with one attached hydrogen (secondary N) is 1. The smallest absolute Gasteiger partial charge is 0.314 e. The Kier molecular flexibility index (Phi) is 10.00. The van der Waals surface area contributed by atoms with Gasteiger partial charge in [0.15, 0.2) is 0 Å². The fraction of sp³-hybridized carbons (Fsp3) is 0.571. The third-order valence-corrected chi connectivity index (χ3v) is 4.23. The Morgan fingerprint density at radius 2 is 1.78 bits per heavy atom. The minimum atomic E-state index is -4.18. The monoisotopic (exact) mass is 440 g/mol. The zero-order valence-corrected chi connectivity index (χ0v) is 15.4. The summed E-state index contributed by atoms with van der Waals surface area (Å²) in [5.41, 5.74) is 0.717. The summed E-state index contributed by atoms with van der Waals surface area (Å²) in [6, 6.07) is 4.11. The molecule has 0 aliphatic carbocycles. The van der Waals surface area contributed by atoms with Crippen molar-refractivity contribution in [3.8, 4) is 0 Å². The largest absolute Gasteiger partial charge is 0.389 e. The fourth-order valence-electron chi connectivity index (χ4n) is 2.57. The molecule has 1 fully saturated rings. The Balaban J connectivity index is 0.00000242. The summed E-state index contributed by atoms with van der Waals surface area (Å²) < 4.78 is 51.2. The molecule has 2 rings (SSSR count). The van der Waals surface area contributed by atoms with E-state index in [1.807, 2.05) is 4.90 Å². The van der Waals surface area contributed by atoms with Crippen LogP contribution in [0.4, 0.5) is 17.6 Å². The number of benzene rings is 1. The molecule has 0 spiro atoms. The summed E-state index contributed by atoms with van der Waals surface area (Å²) in [5.74, 6) is -0.409. The molecule has 1 aliphatic rings. The first-order chi connectivity index (χ1) is 9.87. The molecule has 23 heavy (non-hydrogen) atoms. The van der Waals surface area contributed by atoms with Crippen LogP contribution in [0.25, 0.3) is 0 Å². The van der Waals surface area contributed by atoms with E-state index in [2.05, 4.69) is 21.2 Å². The SMILES string of the molecule is Cl.Cl.Fc1ccc([C@H](CCC(F)(F)F)N2CCNCC2)cc1Br. The van der Waals surface area contributed by atoms with Crippen molar-refractivity contribution in [3.63, 3.8) is 0 Å². The highest BCUT2D eigenvalue weighted by Gasteiger charge is 2.31. The first-order valence-corrected chi connectivity index (χ1v) is 7.62. The number of nitrogens with zero attached hydrogens (tertiary/aromatic N) is 1. The van der Waals surface area contributed by atoms with Crippen LogP contribution < -0.4 is 5.32 Å². The molecule has 1 saturated heterocycles. The third kappa shape index (κ3) is 7.13. The lowest BCUT2D eigenvalue weighted by Gasteiger charge is -2.35. The molecule has 1 aliphatic heterocycles. The molecule has 134 valence electrons. The molecular weight excluding hydrogens is 423 g/mol. The van der Waals surface area contributed by atoms with Crippen LogP contribution in [-0.2, 0) is 0 Å². The van der Waals surface area contributed by atoms with Crippen molar-refractivity contribution in [2.24, 2.45) is 0 Å². The van der Waals surface area contributed by atoms with Crippen LogP contribution in [0.1, 0.15) is 24.4 Å². The molecule has 1 aromatic carbocycles. The van der Waals surface area contributed by atoms with Gasteiger partial charge in [0.25, 0.3) is 0 Å². The van der Waals surface area contributed by atoms with Gasteiger partial charge >= 0.3 is 6.18 Å². The topological polar surface area (TPSA) is 15.3 Å². The quantitative estimate of drug-likeness (QED) is 0.680. The molecule has 1 aromatic rings. The van der Waals surface area contributed by atoms with Crippen molar-refractivity contribution in [1.82, 2.24) is 10.2 Å². The Labute approximate surface area is 153 Å². The van der Waals surface area contributed by atoms with E-state index in [1.165, 1.54) is 6.07 Å². The van der Waals surface area contributed by atoms with E-state index >= 15 is 0 Å². The molecular formula is C14H19BrCl2F4N2. The molecule has 0 radical (unpaired) electrons. The number of rotatable bonds is 4. The predicted octanol–water partition coefficient (Wildman–Crippen LogP) is 4.72. The van der Waals surface area contributed by atoms with Gasteiger partial charge in [0, 0.05) is 38.6 Å². The van der Waals surface area contributed by atoms with Crippen LogP contribution in [0, 0.1) is 5.82 Å². The van der Waals surface area contributed by atoms with Gasteiger partial charge in [-0.05, 0) is 40.0 Å². The molecule has 1 heterocycles. The summed E-state index contributed by atoms with van der Waals surface area (Å²) in [7, 11) is 0. The number of alkyl halides is 3. The van der Waals surface area contributed by atoms with Crippen molar-refractivity contribution in [2.45, 2.75) is 25.1 Å². The average molecular weight is 442 g/mol. The van der Waals surface area contributed by atoms with E-state index < -0.39 is 18.4 Å². The molecule has 1 N–H and O–H groups in total. The van der Waals surface area contributed by atoms with Crippen molar-refractivity contribution in [2.75, 3.05) is 26.2 Å². The Bertz CT molecular complexity index is 482. The standard InChI is InChI=1S/C14H17BrF4N2.2ClH/c15-11-9-10(1-2-12(11)16)13(3-4-14(17,18)19)21-7-5-20-6-8-21;;/h1-2,9,13,20H,3-8H2;2*1H/t13-;;/m0../s1. The van der Waals surface area contributed by atoms with Crippen LogP contribution in [0.3, 0.4) is 0 Å². The van der Waals surface area contributed by atoms with E-state index in [0.717, 1.165) is 18.7 Å². The van der Waals surface area contributed by atoms with Crippen molar-refractivity contribution >= 4 is 40.7 Å². The highest BCUT2D eigenvalue weighted by molar-refractivity contribution is 9.10. The molecule has 0 saturated carbocycles. The summed E-state index contributed by atoms with van der Waals surface area (Å²) in [4.78, 5) is 2.03. The van der Waals surface area contributed by atoms with Gasteiger partial charge in [-0.1, -0.05) is 6.07 Å². The van der Waals surface area contributed by atoms with Crippen LogP contribution >= 0.6 is 40.7 Å². The van der Waals surface area contributed by atoms with Crippen LogP contribution in [0.5, 0.6) is 0 Å². The van der Waals surface area contributed by atoms with E-state index in [0.29, 0.717) is 13.1 Å². The van der Waals surface area contributed by atoms with Gasteiger partial charge in [0.2, 0.25) is 0 Å². The van der Waals surface area contributed by atoms with Gasteiger partial charge in [0.05, 0.1) is 4.47 Å². The van der Waals surface area contributed by atoms with E-state index in [-0.39, 0.29) is 41.7 Å². The first-order valence-electron chi connectivity index (χ1n) is 6.83. The maximum absolute atomic E-state index is 13.3. The van der Waals surface area contributed by atoms with Crippen molar-refractivity contribution < 1.29 is 17.6 Å². The minimum absolute atomic E-state index is 0. The van der Waals surface area contributed by atoms with Gasteiger partial charge in [-0.15, -0.1) is 24.8 Å². The summed E-state index contributed by atoms with van der Waals surface area (Å²) in [6.07, 6.45) is -5.03.